The summed E-state index contributed by atoms with van der Waals surface area (Å²) in [7, 11) is 2.87. The predicted octanol–water partition coefficient (Wildman–Crippen LogP) is 1.24. The molecule has 21 heavy (non-hydrogen) atoms. The lowest BCUT2D eigenvalue weighted by atomic mass is 9.84. The zero-order valence-corrected chi connectivity index (χ0v) is 12.3. The van der Waals surface area contributed by atoms with E-state index in [4.69, 9.17) is 9.15 Å². The lowest BCUT2D eigenvalue weighted by molar-refractivity contribution is -0.139. The number of carbonyl (C=O) groups excluding carboxylic acids is 2. The predicted molar refractivity (Wildman–Crippen MR) is 72.5 cm³/mol. The molecule has 116 valence electrons. The van der Waals surface area contributed by atoms with Gasteiger partial charge in [-0.1, -0.05) is 6.42 Å². The Hall–Kier alpha value is -1.89. The van der Waals surface area contributed by atoms with Crippen LogP contribution in [0, 0.1) is 5.92 Å². The van der Waals surface area contributed by atoms with Gasteiger partial charge in [0, 0.05) is 19.6 Å². The zero-order chi connectivity index (χ0) is 15.2. The summed E-state index contributed by atoms with van der Waals surface area (Å²) in [6, 6.07) is 0. The summed E-state index contributed by atoms with van der Waals surface area (Å²) < 4.78 is 14.8. The van der Waals surface area contributed by atoms with Crippen molar-refractivity contribution in [2.45, 2.75) is 25.8 Å². The quantitative estimate of drug-likeness (QED) is 0.704. The van der Waals surface area contributed by atoms with Gasteiger partial charge >= 0.3 is 5.97 Å². The number of aromatic nitrogens is 1. The number of methoxy groups -OCH3 is 2. The highest BCUT2D eigenvalue weighted by molar-refractivity contribution is 5.86. The number of amides is 1. The molecule has 0 N–H and O–H groups in total. The minimum atomic E-state index is -0.557. The minimum Gasteiger partial charge on any atom is -0.464 e. The second kappa shape index (κ2) is 7.21. The molecule has 0 spiro atoms. The highest BCUT2D eigenvalue weighted by Gasteiger charge is 2.30. The number of oxazole rings is 1. The van der Waals surface area contributed by atoms with Crippen molar-refractivity contribution >= 4 is 11.9 Å². The molecular weight excluding hydrogens is 276 g/mol. The normalized spacial score (nSPS) is 14.6. The summed E-state index contributed by atoms with van der Waals surface area (Å²) in [6.45, 7) is 1.15. The Morgan fingerprint density at radius 1 is 1.43 bits per heavy atom. The Balaban J connectivity index is 2.01. The van der Waals surface area contributed by atoms with Crippen LogP contribution < -0.4 is 0 Å². The van der Waals surface area contributed by atoms with Crippen molar-refractivity contribution in [3.8, 4) is 0 Å². The molecular formula is C14H20N2O5. The molecule has 1 aliphatic carbocycles. The van der Waals surface area contributed by atoms with E-state index in [1.165, 1.54) is 13.4 Å². The fourth-order valence-electron chi connectivity index (χ4n) is 2.13. The Kier molecular flexibility index (Phi) is 5.32. The molecule has 0 radical (unpaired) electrons. The van der Waals surface area contributed by atoms with Crippen LogP contribution in [0.5, 0.6) is 0 Å². The van der Waals surface area contributed by atoms with E-state index in [2.05, 4.69) is 9.72 Å². The average molecular weight is 296 g/mol. The number of carbonyl (C=O) groups is 2. The molecule has 7 nitrogen and oxygen atoms in total. The van der Waals surface area contributed by atoms with Crippen molar-refractivity contribution in [2.75, 3.05) is 27.4 Å². The van der Waals surface area contributed by atoms with Crippen LogP contribution in [0.1, 0.15) is 35.6 Å². The lowest BCUT2D eigenvalue weighted by Gasteiger charge is -2.30. The van der Waals surface area contributed by atoms with Gasteiger partial charge in [0.15, 0.2) is 5.69 Å². The van der Waals surface area contributed by atoms with E-state index in [1.807, 2.05) is 0 Å². The van der Waals surface area contributed by atoms with Crippen molar-refractivity contribution in [2.24, 2.45) is 5.92 Å². The molecule has 2 rings (SSSR count). The van der Waals surface area contributed by atoms with Crippen molar-refractivity contribution in [3.05, 3.63) is 17.8 Å². The maximum absolute atomic E-state index is 12.3. The zero-order valence-electron chi connectivity index (χ0n) is 12.3. The van der Waals surface area contributed by atoms with Gasteiger partial charge in [0.25, 0.3) is 0 Å². The summed E-state index contributed by atoms with van der Waals surface area (Å²) in [4.78, 5) is 29.4. The number of rotatable bonds is 7. The van der Waals surface area contributed by atoms with Crippen LogP contribution in [0.15, 0.2) is 10.7 Å². The van der Waals surface area contributed by atoms with Gasteiger partial charge in [-0.15, -0.1) is 0 Å². The van der Waals surface area contributed by atoms with Gasteiger partial charge in [-0.2, -0.15) is 0 Å². The second-order valence-corrected chi connectivity index (χ2v) is 5.00. The summed E-state index contributed by atoms with van der Waals surface area (Å²) in [6.07, 6.45) is 4.20. The van der Waals surface area contributed by atoms with E-state index in [0.717, 1.165) is 19.3 Å². The van der Waals surface area contributed by atoms with Crippen molar-refractivity contribution in [1.82, 2.24) is 9.88 Å². The smallest absolute Gasteiger partial charge is 0.360 e. The lowest BCUT2D eigenvalue weighted by Crippen LogP contribution is -2.40. The van der Waals surface area contributed by atoms with Gasteiger partial charge < -0.3 is 18.8 Å². The molecule has 1 heterocycles. The first-order valence-electron chi connectivity index (χ1n) is 6.96. The fourth-order valence-corrected chi connectivity index (χ4v) is 2.13. The first kappa shape index (κ1) is 15.5. The molecule has 0 atom stereocenters. The number of nitrogens with zero attached hydrogens (tertiary/aromatic N) is 2. The van der Waals surface area contributed by atoms with E-state index in [9.17, 15) is 9.59 Å². The molecule has 0 saturated heterocycles. The highest BCUT2D eigenvalue weighted by Crippen LogP contribution is 2.28. The Morgan fingerprint density at radius 3 is 2.76 bits per heavy atom. The molecule has 0 aromatic carbocycles. The van der Waals surface area contributed by atoms with E-state index in [-0.39, 0.29) is 24.1 Å². The Labute approximate surface area is 123 Å². The largest absolute Gasteiger partial charge is 0.464 e. The van der Waals surface area contributed by atoms with Crippen LogP contribution in [0.4, 0.5) is 0 Å². The van der Waals surface area contributed by atoms with Gasteiger partial charge in [-0.25, -0.2) is 9.78 Å². The number of esters is 1. The molecule has 0 unspecified atom stereocenters. The summed E-state index contributed by atoms with van der Waals surface area (Å²) >= 11 is 0. The summed E-state index contributed by atoms with van der Waals surface area (Å²) in [5.74, 6) is -0.0500. The average Bonchev–Trinajstić information content (AvgIpc) is 2.89. The topological polar surface area (TPSA) is 81.9 Å². The highest BCUT2D eigenvalue weighted by atomic mass is 16.5. The van der Waals surface area contributed by atoms with Gasteiger partial charge in [0.05, 0.1) is 20.3 Å². The Bertz CT molecular complexity index is 495. The fraction of sp³-hybridized carbons (Fsp3) is 0.643. The van der Waals surface area contributed by atoms with Gasteiger partial charge in [-0.3, -0.25) is 4.79 Å². The van der Waals surface area contributed by atoms with Crippen LogP contribution in [-0.4, -0.2) is 49.1 Å². The third-order valence-corrected chi connectivity index (χ3v) is 3.60. The van der Waals surface area contributed by atoms with Gasteiger partial charge in [-0.05, 0) is 12.8 Å². The number of hydrogen-bond acceptors (Lipinski definition) is 6. The number of ether oxygens (including phenoxy) is 2. The SMILES string of the molecule is COCCN(Cc1nc(C(=O)OC)co1)C(=O)C1CCC1. The minimum absolute atomic E-state index is 0.0936. The van der Waals surface area contributed by atoms with Crippen molar-refractivity contribution in [3.63, 3.8) is 0 Å². The van der Waals surface area contributed by atoms with Crippen LogP contribution in [-0.2, 0) is 20.8 Å². The second-order valence-electron chi connectivity index (χ2n) is 5.00. The van der Waals surface area contributed by atoms with Crippen molar-refractivity contribution < 1.29 is 23.5 Å². The number of hydrogen-bond donors (Lipinski definition) is 0. The van der Waals surface area contributed by atoms with Gasteiger partial charge in [0.1, 0.15) is 6.26 Å². The molecule has 0 bridgehead atoms. The summed E-state index contributed by atoms with van der Waals surface area (Å²) in [5, 5.41) is 0. The third-order valence-electron chi connectivity index (χ3n) is 3.60. The monoisotopic (exact) mass is 296 g/mol. The van der Waals surface area contributed by atoms with E-state index < -0.39 is 5.97 Å². The molecule has 1 aromatic rings. The van der Waals surface area contributed by atoms with E-state index in [1.54, 1.807) is 12.0 Å². The van der Waals surface area contributed by atoms with Crippen LogP contribution in [0.2, 0.25) is 0 Å². The molecule has 1 fully saturated rings. The standard InChI is InChI=1S/C14H20N2O5/c1-19-7-6-16(13(17)10-4-3-5-10)8-12-15-11(9-21-12)14(18)20-2/h9-10H,3-8H2,1-2H3. The van der Waals surface area contributed by atoms with Gasteiger partial charge in [0.2, 0.25) is 11.8 Å². The molecule has 1 aliphatic rings. The van der Waals surface area contributed by atoms with E-state index in [0.29, 0.717) is 19.0 Å². The molecule has 1 amide bonds. The van der Waals surface area contributed by atoms with Crippen LogP contribution in [0.25, 0.3) is 0 Å². The van der Waals surface area contributed by atoms with Crippen LogP contribution >= 0.6 is 0 Å². The molecule has 0 aliphatic heterocycles. The first-order valence-corrected chi connectivity index (χ1v) is 6.96. The molecule has 1 aromatic heterocycles. The van der Waals surface area contributed by atoms with E-state index >= 15 is 0 Å². The third kappa shape index (κ3) is 3.81. The van der Waals surface area contributed by atoms with Crippen molar-refractivity contribution in [1.29, 1.82) is 0 Å². The summed E-state index contributed by atoms with van der Waals surface area (Å²) in [5.41, 5.74) is 0.107. The first-order chi connectivity index (χ1) is 10.2. The Morgan fingerprint density at radius 2 is 2.19 bits per heavy atom. The maximum atomic E-state index is 12.3. The molecule has 7 heteroatoms. The maximum Gasteiger partial charge on any atom is 0.360 e. The molecule has 1 saturated carbocycles. The van der Waals surface area contributed by atoms with Crippen LogP contribution in [0.3, 0.4) is 0 Å².